The van der Waals surface area contributed by atoms with Gasteiger partial charge in [0.25, 0.3) is 5.91 Å². The van der Waals surface area contributed by atoms with Gasteiger partial charge in [0.2, 0.25) is 5.75 Å². The van der Waals surface area contributed by atoms with Gasteiger partial charge in [-0.05, 0) is 36.2 Å². The summed E-state index contributed by atoms with van der Waals surface area (Å²) in [7, 11) is 4.63. The van der Waals surface area contributed by atoms with E-state index in [4.69, 9.17) is 24.2 Å². The van der Waals surface area contributed by atoms with Crippen LogP contribution in [-0.2, 0) is 13.0 Å². The zero-order chi connectivity index (χ0) is 24.5. The van der Waals surface area contributed by atoms with Crippen molar-refractivity contribution in [2.45, 2.75) is 13.0 Å². The minimum absolute atomic E-state index is 0.189. The van der Waals surface area contributed by atoms with Crippen LogP contribution < -0.4 is 14.2 Å². The van der Waals surface area contributed by atoms with Gasteiger partial charge < -0.3 is 24.2 Å². The molecule has 8 heteroatoms. The molecule has 0 unspecified atom stereocenters. The van der Waals surface area contributed by atoms with E-state index < -0.39 is 0 Å². The fourth-order valence-corrected chi connectivity index (χ4v) is 4.49. The van der Waals surface area contributed by atoms with E-state index >= 15 is 0 Å². The van der Waals surface area contributed by atoms with E-state index in [0.717, 1.165) is 11.1 Å². The molecule has 4 aromatic rings. The monoisotopic (exact) mass is 471 g/mol. The highest BCUT2D eigenvalue weighted by Crippen LogP contribution is 2.41. The third-order valence-electron chi connectivity index (χ3n) is 6.26. The molecule has 35 heavy (non-hydrogen) atoms. The van der Waals surface area contributed by atoms with Crippen LogP contribution in [0.25, 0.3) is 22.3 Å². The van der Waals surface area contributed by atoms with Crippen LogP contribution in [0.1, 0.15) is 21.6 Å². The van der Waals surface area contributed by atoms with E-state index in [1.54, 1.807) is 50.5 Å². The summed E-state index contributed by atoms with van der Waals surface area (Å²) < 4.78 is 16.4. The molecule has 1 N–H and O–H groups in total. The number of rotatable bonds is 5. The van der Waals surface area contributed by atoms with Crippen molar-refractivity contribution in [3.05, 3.63) is 71.4 Å². The Bertz CT molecular complexity index is 1410. The van der Waals surface area contributed by atoms with Gasteiger partial charge in [-0.15, -0.1) is 0 Å². The van der Waals surface area contributed by atoms with Crippen LogP contribution in [0.15, 0.2) is 54.6 Å². The van der Waals surface area contributed by atoms with Crippen LogP contribution in [0.5, 0.6) is 23.0 Å². The molecule has 0 saturated heterocycles. The Morgan fingerprint density at radius 1 is 0.943 bits per heavy atom. The third-order valence-corrected chi connectivity index (χ3v) is 6.26. The van der Waals surface area contributed by atoms with Gasteiger partial charge in [-0.2, -0.15) is 0 Å². The summed E-state index contributed by atoms with van der Waals surface area (Å²) in [6.45, 7) is 0.891. The molecule has 0 aliphatic carbocycles. The Morgan fingerprint density at radius 2 is 1.69 bits per heavy atom. The first kappa shape index (κ1) is 22.5. The molecule has 2 heterocycles. The molecule has 0 bridgehead atoms. The van der Waals surface area contributed by atoms with E-state index in [1.165, 1.54) is 0 Å². The van der Waals surface area contributed by atoms with E-state index in [9.17, 15) is 9.90 Å². The number of aromatic hydroxyl groups is 1. The van der Waals surface area contributed by atoms with E-state index in [1.807, 2.05) is 30.3 Å². The fraction of sp³-hybridized carbons (Fsp3) is 0.222. The Hall–Kier alpha value is -4.33. The van der Waals surface area contributed by atoms with Crippen molar-refractivity contribution < 1.29 is 24.1 Å². The van der Waals surface area contributed by atoms with Crippen molar-refractivity contribution in [3.63, 3.8) is 0 Å². The van der Waals surface area contributed by atoms with Crippen LogP contribution >= 0.6 is 0 Å². The highest BCUT2D eigenvalue weighted by molar-refractivity contribution is 6.05. The number of ether oxygens (including phenoxy) is 3. The van der Waals surface area contributed by atoms with E-state index in [0.29, 0.717) is 64.7 Å². The second-order valence-electron chi connectivity index (χ2n) is 8.22. The summed E-state index contributed by atoms with van der Waals surface area (Å²) >= 11 is 0. The number of aromatic nitrogens is 2. The molecule has 178 valence electrons. The van der Waals surface area contributed by atoms with Gasteiger partial charge in [-0.1, -0.05) is 30.3 Å². The lowest BCUT2D eigenvalue weighted by Gasteiger charge is -2.29. The Labute approximate surface area is 202 Å². The van der Waals surface area contributed by atoms with Crippen molar-refractivity contribution in [2.75, 3.05) is 27.9 Å². The average Bonchev–Trinajstić information content (AvgIpc) is 2.91. The molecule has 8 nitrogen and oxygen atoms in total. The number of carbonyl (C=O) groups excluding carboxylic acids is 1. The SMILES string of the molecule is COc1cc(-c2nc(C(=O)N3CCc4c(O)cccc4C3)c3ccccc3n2)cc(OC)c1OC. The molecule has 1 aliphatic rings. The zero-order valence-corrected chi connectivity index (χ0v) is 19.7. The second-order valence-corrected chi connectivity index (χ2v) is 8.22. The number of amides is 1. The van der Waals surface area contributed by atoms with Gasteiger partial charge in [0.05, 0.1) is 26.8 Å². The predicted molar refractivity (Wildman–Crippen MR) is 131 cm³/mol. The molecule has 5 rings (SSSR count). The molecule has 0 atom stereocenters. The molecule has 1 amide bonds. The first-order valence-electron chi connectivity index (χ1n) is 11.2. The highest BCUT2D eigenvalue weighted by Gasteiger charge is 2.27. The number of methoxy groups -OCH3 is 3. The van der Waals surface area contributed by atoms with Crippen LogP contribution in [0.3, 0.4) is 0 Å². The molecule has 3 aromatic carbocycles. The molecule has 1 aromatic heterocycles. The summed E-state index contributed by atoms with van der Waals surface area (Å²) in [6.07, 6.45) is 0.580. The Morgan fingerprint density at radius 3 is 2.40 bits per heavy atom. The number of phenolic OH excluding ortho intramolecular Hbond substituents is 1. The highest BCUT2D eigenvalue weighted by atomic mass is 16.5. The first-order chi connectivity index (χ1) is 17.0. The van der Waals surface area contributed by atoms with Gasteiger partial charge in [-0.25, -0.2) is 9.97 Å². The topological polar surface area (TPSA) is 94.0 Å². The maximum absolute atomic E-state index is 13.7. The summed E-state index contributed by atoms with van der Waals surface area (Å²) in [5.41, 5.74) is 3.44. The lowest BCUT2D eigenvalue weighted by molar-refractivity contribution is 0.0730. The molecular weight excluding hydrogens is 446 g/mol. The largest absolute Gasteiger partial charge is 0.508 e. The predicted octanol–water partition coefficient (Wildman–Crippen LogP) is 4.23. The third kappa shape index (κ3) is 3.97. The van der Waals surface area contributed by atoms with Gasteiger partial charge in [0.15, 0.2) is 17.3 Å². The normalized spacial score (nSPS) is 12.8. The van der Waals surface area contributed by atoms with Crippen molar-refractivity contribution in [3.8, 4) is 34.4 Å². The zero-order valence-electron chi connectivity index (χ0n) is 19.7. The number of carbonyl (C=O) groups is 1. The minimum atomic E-state index is -0.189. The lowest BCUT2D eigenvalue weighted by atomic mass is 9.98. The summed E-state index contributed by atoms with van der Waals surface area (Å²) in [5, 5.41) is 10.8. The number of para-hydroxylation sites is 1. The first-order valence-corrected chi connectivity index (χ1v) is 11.2. The van der Waals surface area contributed by atoms with Crippen LogP contribution in [0.4, 0.5) is 0 Å². The second kappa shape index (κ2) is 9.13. The number of benzene rings is 3. The lowest BCUT2D eigenvalue weighted by Crippen LogP contribution is -2.36. The number of hydrogen-bond donors (Lipinski definition) is 1. The van der Waals surface area contributed by atoms with Crippen LogP contribution in [0.2, 0.25) is 0 Å². The summed E-state index contributed by atoms with van der Waals surface area (Å²) in [5.74, 6) is 1.86. The van der Waals surface area contributed by atoms with Gasteiger partial charge in [-0.3, -0.25) is 4.79 Å². The molecule has 0 fully saturated rings. The van der Waals surface area contributed by atoms with E-state index in [-0.39, 0.29) is 11.7 Å². The van der Waals surface area contributed by atoms with Crippen LogP contribution in [0, 0.1) is 0 Å². The quantitative estimate of drug-likeness (QED) is 0.466. The smallest absolute Gasteiger partial charge is 0.273 e. The van der Waals surface area contributed by atoms with Crippen LogP contribution in [-0.4, -0.2) is 53.8 Å². The molecular formula is C27H25N3O5. The average molecular weight is 472 g/mol. The van der Waals surface area contributed by atoms with Crippen molar-refractivity contribution in [2.24, 2.45) is 0 Å². The molecule has 1 aliphatic heterocycles. The summed E-state index contributed by atoms with van der Waals surface area (Å²) in [6, 6.07) is 16.4. The molecule has 0 saturated carbocycles. The van der Waals surface area contributed by atoms with Gasteiger partial charge in [0, 0.05) is 29.6 Å². The number of fused-ring (bicyclic) bond motifs is 2. The maximum Gasteiger partial charge on any atom is 0.273 e. The number of nitrogens with zero attached hydrogens (tertiary/aromatic N) is 3. The fourth-order valence-electron chi connectivity index (χ4n) is 4.49. The van der Waals surface area contributed by atoms with Gasteiger partial charge in [0.1, 0.15) is 11.4 Å². The van der Waals surface area contributed by atoms with Crippen molar-refractivity contribution in [1.29, 1.82) is 0 Å². The minimum Gasteiger partial charge on any atom is -0.508 e. The number of hydrogen-bond acceptors (Lipinski definition) is 7. The number of phenols is 1. The maximum atomic E-state index is 13.7. The van der Waals surface area contributed by atoms with E-state index in [2.05, 4.69) is 0 Å². The Kier molecular flexibility index (Phi) is 5.86. The van der Waals surface area contributed by atoms with Crippen molar-refractivity contribution >= 4 is 16.8 Å². The molecule has 0 radical (unpaired) electrons. The standard InChI is InChI=1S/C27H25N3O5/c1-33-22-13-17(14-23(34-2)25(22)35-3)26-28-20-9-5-4-8-19(20)24(29-26)27(32)30-12-11-18-16(15-30)7-6-10-21(18)31/h4-10,13-14,31H,11-12,15H2,1-3H3. The summed E-state index contributed by atoms with van der Waals surface area (Å²) in [4.78, 5) is 24.9. The van der Waals surface area contributed by atoms with Crippen molar-refractivity contribution in [1.82, 2.24) is 14.9 Å². The van der Waals surface area contributed by atoms with Gasteiger partial charge >= 0.3 is 0 Å². The Balaban J connectivity index is 1.61. The molecule has 0 spiro atoms.